The Morgan fingerprint density at radius 1 is 1.06 bits per heavy atom. The third-order valence-electron chi connectivity index (χ3n) is 5.84. The topological polar surface area (TPSA) is 106 Å². The minimum absolute atomic E-state index is 0.00817. The lowest BCUT2D eigenvalue weighted by Gasteiger charge is -2.24. The van der Waals surface area contributed by atoms with E-state index in [0.29, 0.717) is 25.2 Å². The van der Waals surface area contributed by atoms with E-state index in [9.17, 15) is 14.4 Å². The number of hydrogen-bond donors (Lipinski definition) is 1. The van der Waals surface area contributed by atoms with Crippen molar-refractivity contribution in [2.45, 2.75) is 38.4 Å². The van der Waals surface area contributed by atoms with Gasteiger partial charge in [-0.1, -0.05) is 59.8 Å². The zero-order chi connectivity index (χ0) is 23.9. The van der Waals surface area contributed by atoms with Gasteiger partial charge in [-0.25, -0.2) is 4.68 Å². The van der Waals surface area contributed by atoms with E-state index in [1.54, 1.807) is 11.1 Å². The summed E-state index contributed by atoms with van der Waals surface area (Å²) in [4.78, 5) is 38.6. The second-order valence-corrected chi connectivity index (χ2v) is 8.19. The van der Waals surface area contributed by atoms with E-state index in [1.165, 1.54) is 11.8 Å². The lowest BCUT2D eigenvalue weighted by Crippen LogP contribution is -2.46. The average Bonchev–Trinajstić information content (AvgIpc) is 3.53. The molecule has 1 atom stereocenters. The van der Waals surface area contributed by atoms with Crippen molar-refractivity contribution in [3.05, 3.63) is 72.1 Å². The molecular weight excluding hydrogens is 434 g/mol. The highest BCUT2D eigenvalue weighted by Gasteiger charge is 2.34. The van der Waals surface area contributed by atoms with Gasteiger partial charge >= 0.3 is 5.97 Å². The molecule has 0 radical (unpaired) electrons. The fourth-order valence-corrected chi connectivity index (χ4v) is 4.04. The van der Waals surface area contributed by atoms with Crippen molar-refractivity contribution in [3.8, 4) is 11.1 Å². The van der Waals surface area contributed by atoms with Gasteiger partial charge < -0.3 is 15.0 Å². The summed E-state index contributed by atoms with van der Waals surface area (Å²) in [6.07, 6.45) is 2.92. The summed E-state index contributed by atoms with van der Waals surface area (Å²) in [6.45, 7) is 0.873. The maximum Gasteiger partial charge on any atom is 0.311 e. The monoisotopic (exact) mass is 461 g/mol. The van der Waals surface area contributed by atoms with Gasteiger partial charge in [0.05, 0.1) is 19.2 Å². The van der Waals surface area contributed by atoms with Gasteiger partial charge in [0.25, 0.3) is 0 Å². The number of benzene rings is 2. The third kappa shape index (κ3) is 5.67. The van der Waals surface area contributed by atoms with E-state index in [2.05, 4.69) is 32.5 Å². The summed E-state index contributed by atoms with van der Waals surface area (Å²) in [7, 11) is 1.30. The second kappa shape index (κ2) is 10.7. The van der Waals surface area contributed by atoms with Crippen molar-refractivity contribution < 1.29 is 19.1 Å². The Morgan fingerprint density at radius 3 is 2.53 bits per heavy atom. The minimum atomic E-state index is -0.505. The van der Waals surface area contributed by atoms with E-state index >= 15 is 0 Å². The van der Waals surface area contributed by atoms with Crippen LogP contribution in [-0.4, -0.2) is 57.4 Å². The van der Waals surface area contributed by atoms with Gasteiger partial charge in [-0.15, -0.1) is 5.10 Å². The van der Waals surface area contributed by atoms with Crippen LogP contribution in [0.4, 0.5) is 0 Å². The molecule has 4 rings (SSSR count). The summed E-state index contributed by atoms with van der Waals surface area (Å²) in [5, 5.41) is 10.8. The normalized spacial score (nSPS) is 15.2. The lowest BCUT2D eigenvalue weighted by molar-refractivity contribution is -0.139. The van der Waals surface area contributed by atoms with Crippen LogP contribution in [-0.2, 0) is 38.6 Å². The van der Waals surface area contributed by atoms with Crippen LogP contribution < -0.4 is 5.32 Å². The molecule has 1 unspecified atom stereocenters. The number of likely N-dealkylation sites (tertiary alicyclic amines) is 1. The molecular formula is C25H27N5O4. The van der Waals surface area contributed by atoms with E-state index in [-0.39, 0.29) is 24.8 Å². The van der Waals surface area contributed by atoms with Crippen LogP contribution in [0.25, 0.3) is 11.1 Å². The van der Waals surface area contributed by atoms with E-state index in [0.717, 1.165) is 23.1 Å². The number of aromatic nitrogens is 3. The number of ether oxygens (including phenoxy) is 1. The van der Waals surface area contributed by atoms with Gasteiger partial charge in [-0.05, 0) is 29.5 Å². The van der Waals surface area contributed by atoms with E-state index in [1.807, 2.05) is 42.5 Å². The largest absolute Gasteiger partial charge is 0.469 e. The van der Waals surface area contributed by atoms with Gasteiger partial charge in [0.1, 0.15) is 12.6 Å². The smallest absolute Gasteiger partial charge is 0.311 e. The van der Waals surface area contributed by atoms with Crippen LogP contribution in [0.3, 0.4) is 0 Å². The highest BCUT2D eigenvalue weighted by molar-refractivity contribution is 5.88. The fourth-order valence-electron chi connectivity index (χ4n) is 4.04. The third-order valence-corrected chi connectivity index (χ3v) is 5.84. The summed E-state index contributed by atoms with van der Waals surface area (Å²) in [6, 6.07) is 17.7. The summed E-state index contributed by atoms with van der Waals surface area (Å²) in [5.41, 5.74) is 3.67. The SMILES string of the molecule is COC(=O)Cc1cn(CC(=O)N2CCCC2C(=O)NCc2ccc(-c3ccccc3)cc2)nn1. The van der Waals surface area contributed by atoms with Crippen molar-refractivity contribution in [1.82, 2.24) is 25.2 Å². The van der Waals surface area contributed by atoms with Gasteiger partial charge in [-0.3, -0.25) is 14.4 Å². The van der Waals surface area contributed by atoms with Gasteiger partial charge in [-0.2, -0.15) is 0 Å². The molecule has 2 aromatic carbocycles. The Hall–Kier alpha value is -4.01. The molecule has 0 saturated carbocycles. The van der Waals surface area contributed by atoms with Crippen LogP contribution in [0.5, 0.6) is 0 Å². The second-order valence-electron chi connectivity index (χ2n) is 8.19. The molecule has 1 saturated heterocycles. The first-order valence-electron chi connectivity index (χ1n) is 11.2. The molecule has 1 fully saturated rings. The van der Waals surface area contributed by atoms with Gasteiger partial charge in [0.15, 0.2) is 0 Å². The number of nitrogens with zero attached hydrogens (tertiary/aromatic N) is 4. The Morgan fingerprint density at radius 2 is 1.79 bits per heavy atom. The van der Waals surface area contributed by atoms with Crippen LogP contribution in [0.15, 0.2) is 60.8 Å². The number of rotatable bonds is 8. The van der Waals surface area contributed by atoms with Crippen molar-refractivity contribution in [2.24, 2.45) is 0 Å². The Kier molecular flexibility index (Phi) is 7.31. The summed E-state index contributed by atoms with van der Waals surface area (Å²) in [5.74, 6) is -0.799. The molecule has 3 aromatic rings. The zero-order valence-electron chi connectivity index (χ0n) is 19.0. The first-order valence-corrected chi connectivity index (χ1v) is 11.2. The van der Waals surface area contributed by atoms with Crippen LogP contribution >= 0.6 is 0 Å². The molecule has 0 aliphatic carbocycles. The van der Waals surface area contributed by atoms with Crippen molar-refractivity contribution >= 4 is 17.8 Å². The van der Waals surface area contributed by atoms with Gasteiger partial charge in [0.2, 0.25) is 11.8 Å². The van der Waals surface area contributed by atoms with Crippen molar-refractivity contribution in [2.75, 3.05) is 13.7 Å². The highest BCUT2D eigenvalue weighted by Crippen LogP contribution is 2.20. The standard InChI is InChI=1S/C25H27N5O4/c1-34-24(32)14-21-16-29(28-27-21)17-23(31)30-13-5-8-22(30)25(33)26-15-18-9-11-20(12-10-18)19-6-3-2-4-7-19/h2-4,6-7,9-12,16,22H,5,8,13-15,17H2,1H3,(H,26,33). The van der Waals surface area contributed by atoms with Crippen LogP contribution in [0.2, 0.25) is 0 Å². The number of methoxy groups -OCH3 is 1. The molecule has 1 aliphatic heterocycles. The molecule has 2 heterocycles. The van der Waals surface area contributed by atoms with Crippen molar-refractivity contribution in [3.63, 3.8) is 0 Å². The number of hydrogen-bond acceptors (Lipinski definition) is 6. The Bertz CT molecular complexity index is 1140. The number of esters is 1. The molecule has 1 aromatic heterocycles. The molecule has 0 spiro atoms. The molecule has 1 aliphatic rings. The van der Waals surface area contributed by atoms with Gasteiger partial charge in [0, 0.05) is 19.3 Å². The molecule has 176 valence electrons. The predicted molar refractivity (Wildman–Crippen MR) is 124 cm³/mol. The molecule has 2 amide bonds. The number of carbonyl (C=O) groups is 3. The first kappa shape index (κ1) is 23.2. The quantitative estimate of drug-likeness (QED) is 0.514. The summed E-state index contributed by atoms with van der Waals surface area (Å²) < 4.78 is 5.99. The Balaban J connectivity index is 1.30. The fraction of sp³-hybridized carbons (Fsp3) is 0.320. The summed E-state index contributed by atoms with van der Waals surface area (Å²) >= 11 is 0. The number of carbonyl (C=O) groups excluding carboxylic acids is 3. The molecule has 1 N–H and O–H groups in total. The van der Waals surface area contributed by atoms with E-state index < -0.39 is 12.0 Å². The Labute approximate surface area is 197 Å². The first-order chi connectivity index (χ1) is 16.5. The predicted octanol–water partition coefficient (Wildman–Crippen LogP) is 1.97. The maximum atomic E-state index is 12.8. The number of amides is 2. The lowest BCUT2D eigenvalue weighted by atomic mass is 10.0. The highest BCUT2D eigenvalue weighted by atomic mass is 16.5. The molecule has 9 heteroatoms. The zero-order valence-corrected chi connectivity index (χ0v) is 19.0. The molecule has 9 nitrogen and oxygen atoms in total. The van der Waals surface area contributed by atoms with E-state index in [4.69, 9.17) is 0 Å². The molecule has 34 heavy (non-hydrogen) atoms. The average molecular weight is 462 g/mol. The number of nitrogens with one attached hydrogen (secondary N) is 1. The molecule has 0 bridgehead atoms. The maximum absolute atomic E-state index is 12.8. The minimum Gasteiger partial charge on any atom is -0.469 e. The van der Waals surface area contributed by atoms with Crippen molar-refractivity contribution in [1.29, 1.82) is 0 Å². The van der Waals surface area contributed by atoms with Crippen LogP contribution in [0.1, 0.15) is 24.1 Å². The van der Waals surface area contributed by atoms with Crippen LogP contribution in [0, 0.1) is 0 Å².